The molecule has 8 heteroatoms. The highest BCUT2D eigenvalue weighted by molar-refractivity contribution is 14.0. The Morgan fingerprint density at radius 1 is 1.26 bits per heavy atom. The maximum Gasteiger partial charge on any atom is 0.216 e. The second-order valence-electron chi connectivity index (χ2n) is 7.44. The summed E-state index contributed by atoms with van der Waals surface area (Å²) in [6.45, 7) is 8.68. The quantitative estimate of drug-likeness (QED) is 0.352. The van der Waals surface area contributed by atoms with Gasteiger partial charge in [0.25, 0.3) is 0 Å². The van der Waals surface area contributed by atoms with E-state index in [0.29, 0.717) is 12.5 Å². The van der Waals surface area contributed by atoms with Crippen LogP contribution in [0.15, 0.2) is 29.3 Å². The molecule has 0 aromatic heterocycles. The Labute approximate surface area is 181 Å². The zero-order valence-electron chi connectivity index (χ0n) is 16.7. The fourth-order valence-corrected chi connectivity index (χ4v) is 4.70. The molecule has 1 aliphatic heterocycles. The third kappa shape index (κ3) is 8.35. The number of hydrogen-bond donors (Lipinski definition) is 2. The van der Waals surface area contributed by atoms with E-state index >= 15 is 0 Å². The Hall–Kier alpha value is -0.870. The van der Waals surface area contributed by atoms with Gasteiger partial charge in [0, 0.05) is 32.7 Å². The van der Waals surface area contributed by atoms with Crippen molar-refractivity contribution in [1.29, 1.82) is 0 Å². The van der Waals surface area contributed by atoms with Gasteiger partial charge in [-0.2, -0.15) is 0 Å². The van der Waals surface area contributed by atoms with E-state index in [2.05, 4.69) is 26.9 Å². The van der Waals surface area contributed by atoms with Gasteiger partial charge in [-0.25, -0.2) is 13.1 Å². The van der Waals surface area contributed by atoms with Crippen LogP contribution in [-0.4, -0.2) is 45.5 Å². The number of aliphatic imine (C=N–C) groups is 1. The molecule has 0 radical (unpaired) electrons. The first-order valence-corrected chi connectivity index (χ1v) is 11.0. The van der Waals surface area contributed by atoms with Crippen molar-refractivity contribution in [2.45, 2.75) is 52.0 Å². The Bertz CT molecular complexity index is 705. The average molecular weight is 508 g/mol. The first-order valence-electron chi connectivity index (χ1n) is 9.32. The molecule has 1 aromatic rings. The molecule has 1 aliphatic rings. The third-order valence-electron chi connectivity index (χ3n) is 4.41. The van der Waals surface area contributed by atoms with Crippen molar-refractivity contribution in [3.63, 3.8) is 0 Å². The van der Waals surface area contributed by atoms with Gasteiger partial charge in [0.15, 0.2) is 5.96 Å². The fourth-order valence-electron chi connectivity index (χ4n) is 3.27. The molecule has 1 atom stereocenters. The molecule has 1 heterocycles. The van der Waals surface area contributed by atoms with Gasteiger partial charge in [0.1, 0.15) is 0 Å². The first kappa shape index (κ1) is 24.2. The van der Waals surface area contributed by atoms with Crippen LogP contribution in [-0.2, 0) is 22.3 Å². The number of likely N-dealkylation sites (tertiary alicyclic amines) is 1. The highest BCUT2D eigenvalue weighted by atomic mass is 127. The predicted octanol–water partition coefficient (Wildman–Crippen LogP) is 2.94. The summed E-state index contributed by atoms with van der Waals surface area (Å²) in [4.78, 5) is 6.71. The minimum Gasteiger partial charge on any atom is -0.352 e. The van der Waals surface area contributed by atoms with E-state index < -0.39 is 10.0 Å². The SMILES string of the molecule is CN=C(NCc1ccc(CS(=O)(=O)NC(C)C)cc1)N1CCCC(C)C1.I. The smallest absolute Gasteiger partial charge is 0.216 e. The average Bonchev–Trinajstić information content (AvgIpc) is 2.55. The number of nitrogens with zero attached hydrogens (tertiary/aromatic N) is 2. The van der Waals surface area contributed by atoms with Crippen LogP contribution >= 0.6 is 24.0 Å². The molecule has 2 rings (SSSR count). The third-order valence-corrected chi connectivity index (χ3v) is 5.96. The summed E-state index contributed by atoms with van der Waals surface area (Å²) in [6.07, 6.45) is 2.49. The molecule has 1 unspecified atom stereocenters. The van der Waals surface area contributed by atoms with Crippen LogP contribution < -0.4 is 10.0 Å². The maximum absolute atomic E-state index is 12.0. The monoisotopic (exact) mass is 508 g/mol. The summed E-state index contributed by atoms with van der Waals surface area (Å²) in [7, 11) is -1.47. The summed E-state index contributed by atoms with van der Waals surface area (Å²) in [6, 6.07) is 7.61. The Balaban J connectivity index is 0.00000364. The largest absolute Gasteiger partial charge is 0.352 e. The van der Waals surface area contributed by atoms with E-state index in [1.807, 2.05) is 45.2 Å². The van der Waals surface area contributed by atoms with Gasteiger partial charge in [-0.15, -0.1) is 24.0 Å². The van der Waals surface area contributed by atoms with Crippen LogP contribution in [0.2, 0.25) is 0 Å². The lowest BCUT2D eigenvalue weighted by atomic mass is 10.0. The molecule has 6 nitrogen and oxygen atoms in total. The molecular formula is C19H33IN4O2S. The van der Waals surface area contributed by atoms with Gasteiger partial charge in [-0.05, 0) is 43.7 Å². The van der Waals surface area contributed by atoms with E-state index in [-0.39, 0.29) is 35.8 Å². The second-order valence-corrected chi connectivity index (χ2v) is 9.20. The number of nitrogens with one attached hydrogen (secondary N) is 2. The van der Waals surface area contributed by atoms with Crippen LogP contribution in [0.5, 0.6) is 0 Å². The zero-order valence-corrected chi connectivity index (χ0v) is 19.9. The number of rotatable bonds is 6. The molecule has 0 spiro atoms. The number of sulfonamides is 1. The molecule has 154 valence electrons. The van der Waals surface area contributed by atoms with E-state index in [1.54, 1.807) is 0 Å². The summed E-state index contributed by atoms with van der Waals surface area (Å²) >= 11 is 0. The molecule has 1 fully saturated rings. The second kappa shape index (κ2) is 11.2. The molecular weight excluding hydrogens is 475 g/mol. The van der Waals surface area contributed by atoms with Crippen molar-refractivity contribution in [3.05, 3.63) is 35.4 Å². The van der Waals surface area contributed by atoms with Crippen LogP contribution in [0.25, 0.3) is 0 Å². The first-order chi connectivity index (χ1) is 12.3. The van der Waals surface area contributed by atoms with Crippen molar-refractivity contribution < 1.29 is 8.42 Å². The van der Waals surface area contributed by atoms with E-state index in [9.17, 15) is 8.42 Å². The van der Waals surface area contributed by atoms with Gasteiger partial charge in [0.2, 0.25) is 10.0 Å². The topological polar surface area (TPSA) is 73.8 Å². The van der Waals surface area contributed by atoms with Gasteiger partial charge < -0.3 is 10.2 Å². The molecule has 27 heavy (non-hydrogen) atoms. The minimum atomic E-state index is -3.29. The van der Waals surface area contributed by atoms with Crippen LogP contribution in [0.1, 0.15) is 44.7 Å². The minimum absolute atomic E-state index is 0. The number of benzene rings is 1. The Kier molecular flexibility index (Phi) is 10.0. The molecule has 1 aromatic carbocycles. The normalized spacial score (nSPS) is 18.3. The fraction of sp³-hybridized carbons (Fsp3) is 0.632. The zero-order chi connectivity index (χ0) is 19.2. The number of hydrogen-bond acceptors (Lipinski definition) is 3. The highest BCUT2D eigenvalue weighted by Crippen LogP contribution is 2.15. The molecule has 2 N–H and O–H groups in total. The molecule has 1 saturated heterocycles. The number of piperidine rings is 1. The van der Waals surface area contributed by atoms with Crippen LogP contribution in [0.4, 0.5) is 0 Å². The highest BCUT2D eigenvalue weighted by Gasteiger charge is 2.19. The van der Waals surface area contributed by atoms with Crippen molar-refractivity contribution >= 4 is 40.0 Å². The van der Waals surface area contributed by atoms with Gasteiger partial charge in [0.05, 0.1) is 5.75 Å². The lowest BCUT2D eigenvalue weighted by Gasteiger charge is -2.33. The summed E-state index contributed by atoms with van der Waals surface area (Å²) < 4.78 is 26.6. The van der Waals surface area contributed by atoms with Gasteiger partial charge in [-0.1, -0.05) is 31.2 Å². The lowest BCUT2D eigenvalue weighted by Crippen LogP contribution is -2.45. The predicted molar refractivity (Wildman–Crippen MR) is 123 cm³/mol. The van der Waals surface area contributed by atoms with Crippen LogP contribution in [0, 0.1) is 5.92 Å². The number of guanidine groups is 1. The Morgan fingerprint density at radius 3 is 2.44 bits per heavy atom. The van der Waals surface area contributed by atoms with E-state index in [0.717, 1.165) is 30.2 Å². The standard InChI is InChI=1S/C19H32N4O2S.HI/c1-15(2)22-26(24,25)14-18-9-7-17(8-10-18)12-21-19(20-4)23-11-5-6-16(3)13-23;/h7-10,15-16,22H,5-6,11-14H2,1-4H3,(H,20,21);1H. The Morgan fingerprint density at radius 2 is 1.89 bits per heavy atom. The van der Waals surface area contributed by atoms with Crippen molar-refractivity contribution in [1.82, 2.24) is 14.9 Å². The van der Waals surface area contributed by atoms with Crippen molar-refractivity contribution in [2.75, 3.05) is 20.1 Å². The van der Waals surface area contributed by atoms with Crippen LogP contribution in [0.3, 0.4) is 0 Å². The lowest BCUT2D eigenvalue weighted by molar-refractivity contribution is 0.266. The van der Waals surface area contributed by atoms with Gasteiger partial charge in [-0.3, -0.25) is 4.99 Å². The molecule has 0 saturated carbocycles. The van der Waals surface area contributed by atoms with Crippen molar-refractivity contribution in [2.24, 2.45) is 10.9 Å². The van der Waals surface area contributed by atoms with Crippen molar-refractivity contribution in [3.8, 4) is 0 Å². The molecule has 0 bridgehead atoms. The maximum atomic E-state index is 12.0. The summed E-state index contributed by atoms with van der Waals surface area (Å²) in [5.74, 6) is 1.64. The van der Waals surface area contributed by atoms with Gasteiger partial charge >= 0.3 is 0 Å². The summed E-state index contributed by atoms with van der Waals surface area (Å²) in [5, 5.41) is 3.42. The summed E-state index contributed by atoms with van der Waals surface area (Å²) in [5.41, 5.74) is 1.89. The number of halogens is 1. The molecule has 0 aliphatic carbocycles. The molecule has 0 amide bonds. The van der Waals surface area contributed by atoms with E-state index in [4.69, 9.17) is 0 Å². The van der Waals surface area contributed by atoms with E-state index in [1.165, 1.54) is 12.8 Å².